The molecule has 0 aliphatic heterocycles. The highest BCUT2D eigenvalue weighted by molar-refractivity contribution is 9.10. The van der Waals surface area contributed by atoms with Crippen molar-refractivity contribution in [2.75, 3.05) is 6.54 Å². The molecule has 4 nitrogen and oxygen atoms in total. The number of rotatable bonds is 4. The van der Waals surface area contributed by atoms with Gasteiger partial charge in [0.05, 0.1) is 4.92 Å². The zero-order chi connectivity index (χ0) is 13.1. The molecule has 0 aromatic heterocycles. The van der Waals surface area contributed by atoms with Crippen LogP contribution in [0.3, 0.4) is 0 Å². The van der Waals surface area contributed by atoms with Gasteiger partial charge in [0.2, 0.25) is 0 Å². The number of nitro groups is 1. The zero-order valence-corrected chi connectivity index (χ0v) is 11.9. The molecule has 0 radical (unpaired) electrons. The van der Waals surface area contributed by atoms with Gasteiger partial charge in [-0.05, 0) is 17.0 Å². The minimum Gasteiger partial charge on any atom is -0.312 e. The van der Waals surface area contributed by atoms with Crippen molar-refractivity contribution in [3.8, 4) is 0 Å². The highest BCUT2D eigenvalue weighted by atomic mass is 79.9. The molecule has 5 heteroatoms. The van der Waals surface area contributed by atoms with Gasteiger partial charge in [0.15, 0.2) is 0 Å². The smallest absolute Gasteiger partial charge is 0.270 e. The van der Waals surface area contributed by atoms with E-state index in [1.807, 2.05) is 0 Å². The monoisotopic (exact) mass is 300 g/mol. The molecule has 0 unspecified atom stereocenters. The molecule has 0 bridgehead atoms. The SMILES string of the molecule is CC(C)(C)CNCc1ccc([N+](=O)[O-])cc1Br. The van der Waals surface area contributed by atoms with Gasteiger partial charge < -0.3 is 5.32 Å². The maximum atomic E-state index is 10.6. The molecule has 1 rings (SSSR count). The van der Waals surface area contributed by atoms with E-state index in [2.05, 4.69) is 42.0 Å². The van der Waals surface area contributed by atoms with Crippen LogP contribution in [-0.4, -0.2) is 11.5 Å². The summed E-state index contributed by atoms with van der Waals surface area (Å²) in [7, 11) is 0. The summed E-state index contributed by atoms with van der Waals surface area (Å²) >= 11 is 3.35. The van der Waals surface area contributed by atoms with Crippen LogP contribution in [0, 0.1) is 15.5 Å². The molecule has 0 fully saturated rings. The number of nitrogens with zero attached hydrogens (tertiary/aromatic N) is 1. The highest BCUT2D eigenvalue weighted by Crippen LogP contribution is 2.23. The minimum absolute atomic E-state index is 0.108. The predicted molar refractivity (Wildman–Crippen MR) is 72.0 cm³/mol. The lowest BCUT2D eigenvalue weighted by Gasteiger charge is -2.19. The number of benzene rings is 1. The van der Waals surface area contributed by atoms with E-state index in [4.69, 9.17) is 0 Å². The number of hydrogen-bond acceptors (Lipinski definition) is 3. The molecule has 1 aromatic carbocycles. The number of halogens is 1. The van der Waals surface area contributed by atoms with Crippen LogP contribution in [0.5, 0.6) is 0 Å². The zero-order valence-electron chi connectivity index (χ0n) is 10.3. The summed E-state index contributed by atoms with van der Waals surface area (Å²) in [6.07, 6.45) is 0. The molecule has 0 aliphatic carbocycles. The average molecular weight is 301 g/mol. The molecule has 1 aromatic rings. The van der Waals surface area contributed by atoms with Crippen molar-refractivity contribution in [1.82, 2.24) is 5.32 Å². The third-order valence-electron chi connectivity index (χ3n) is 2.22. The lowest BCUT2D eigenvalue weighted by atomic mass is 9.97. The van der Waals surface area contributed by atoms with Gasteiger partial charge in [-0.15, -0.1) is 0 Å². The van der Waals surface area contributed by atoms with E-state index in [9.17, 15) is 10.1 Å². The van der Waals surface area contributed by atoms with Crippen molar-refractivity contribution in [3.05, 3.63) is 38.3 Å². The first-order valence-corrected chi connectivity index (χ1v) is 6.22. The Morgan fingerprint density at radius 1 is 1.41 bits per heavy atom. The second-order valence-corrected chi connectivity index (χ2v) is 6.05. The van der Waals surface area contributed by atoms with Crippen molar-refractivity contribution in [3.63, 3.8) is 0 Å². The van der Waals surface area contributed by atoms with E-state index >= 15 is 0 Å². The fraction of sp³-hybridized carbons (Fsp3) is 0.500. The summed E-state index contributed by atoms with van der Waals surface area (Å²) in [5, 5.41) is 13.9. The van der Waals surface area contributed by atoms with E-state index in [-0.39, 0.29) is 11.1 Å². The molecule has 1 N–H and O–H groups in total. The van der Waals surface area contributed by atoms with Crippen LogP contribution in [0.2, 0.25) is 0 Å². The Labute approximate surface area is 110 Å². The minimum atomic E-state index is -0.392. The predicted octanol–water partition coefficient (Wildman–Crippen LogP) is 3.49. The number of non-ortho nitro benzene ring substituents is 1. The van der Waals surface area contributed by atoms with Crippen molar-refractivity contribution in [1.29, 1.82) is 0 Å². The van der Waals surface area contributed by atoms with E-state index in [0.717, 1.165) is 16.6 Å². The molecule has 0 saturated carbocycles. The van der Waals surface area contributed by atoms with Crippen LogP contribution in [0.25, 0.3) is 0 Å². The molecule has 0 saturated heterocycles. The summed E-state index contributed by atoms with van der Waals surface area (Å²) in [6, 6.07) is 4.84. The molecule has 94 valence electrons. The van der Waals surface area contributed by atoms with Crippen molar-refractivity contribution >= 4 is 21.6 Å². The van der Waals surface area contributed by atoms with Gasteiger partial charge in [-0.1, -0.05) is 36.7 Å². The van der Waals surface area contributed by atoms with Gasteiger partial charge in [-0.2, -0.15) is 0 Å². The Hall–Kier alpha value is -0.940. The number of nitro benzene ring substituents is 1. The number of nitrogens with one attached hydrogen (secondary N) is 1. The van der Waals surface area contributed by atoms with Crippen LogP contribution in [0.4, 0.5) is 5.69 Å². The summed E-state index contributed by atoms with van der Waals surface area (Å²) in [5.41, 5.74) is 1.36. The fourth-order valence-corrected chi connectivity index (χ4v) is 1.87. The Kier molecular flexibility index (Phi) is 4.65. The van der Waals surface area contributed by atoms with Gasteiger partial charge in [0, 0.05) is 29.7 Å². The lowest BCUT2D eigenvalue weighted by molar-refractivity contribution is -0.384. The summed E-state index contributed by atoms with van der Waals surface area (Å²) in [5.74, 6) is 0. The van der Waals surface area contributed by atoms with Gasteiger partial charge in [-0.3, -0.25) is 10.1 Å². The van der Waals surface area contributed by atoms with E-state index in [1.165, 1.54) is 12.1 Å². The van der Waals surface area contributed by atoms with Gasteiger partial charge in [0.25, 0.3) is 5.69 Å². The molecule has 0 atom stereocenters. The molecule has 0 spiro atoms. The maximum Gasteiger partial charge on any atom is 0.270 e. The summed E-state index contributed by atoms with van der Waals surface area (Å²) in [6.45, 7) is 8.08. The van der Waals surface area contributed by atoms with Crippen molar-refractivity contribution in [2.45, 2.75) is 27.3 Å². The molecular weight excluding hydrogens is 284 g/mol. The second-order valence-electron chi connectivity index (χ2n) is 5.20. The Balaban J connectivity index is 2.64. The molecule has 17 heavy (non-hydrogen) atoms. The first-order chi connectivity index (χ1) is 7.79. The van der Waals surface area contributed by atoms with Crippen LogP contribution in [-0.2, 0) is 6.54 Å². The van der Waals surface area contributed by atoms with E-state index < -0.39 is 4.92 Å². The standard InChI is InChI=1S/C12H17BrN2O2/c1-12(2,3)8-14-7-9-4-5-10(15(16)17)6-11(9)13/h4-6,14H,7-8H2,1-3H3. The van der Waals surface area contributed by atoms with Crippen LogP contribution in [0.1, 0.15) is 26.3 Å². The molecule has 0 aliphatic rings. The molecule has 0 amide bonds. The highest BCUT2D eigenvalue weighted by Gasteiger charge is 2.11. The van der Waals surface area contributed by atoms with Gasteiger partial charge in [0.1, 0.15) is 0 Å². The third-order valence-corrected chi connectivity index (χ3v) is 2.96. The Morgan fingerprint density at radius 3 is 2.53 bits per heavy atom. The summed E-state index contributed by atoms with van der Waals surface area (Å²) < 4.78 is 0.771. The van der Waals surface area contributed by atoms with Crippen LogP contribution in [0.15, 0.2) is 22.7 Å². The molecule has 0 heterocycles. The third kappa shape index (κ3) is 4.83. The first-order valence-electron chi connectivity index (χ1n) is 5.43. The second kappa shape index (κ2) is 5.60. The normalized spacial score (nSPS) is 11.5. The maximum absolute atomic E-state index is 10.6. The largest absolute Gasteiger partial charge is 0.312 e. The van der Waals surface area contributed by atoms with E-state index in [0.29, 0.717) is 6.54 Å². The van der Waals surface area contributed by atoms with Crippen LogP contribution >= 0.6 is 15.9 Å². The van der Waals surface area contributed by atoms with Gasteiger partial charge >= 0.3 is 0 Å². The molecular formula is C12H17BrN2O2. The van der Waals surface area contributed by atoms with Crippen molar-refractivity contribution < 1.29 is 4.92 Å². The van der Waals surface area contributed by atoms with E-state index in [1.54, 1.807) is 6.07 Å². The van der Waals surface area contributed by atoms with Crippen LogP contribution < -0.4 is 5.32 Å². The number of hydrogen-bond donors (Lipinski definition) is 1. The van der Waals surface area contributed by atoms with Gasteiger partial charge in [-0.25, -0.2) is 0 Å². The quantitative estimate of drug-likeness (QED) is 0.684. The Morgan fingerprint density at radius 2 is 2.06 bits per heavy atom. The first kappa shape index (κ1) is 14.1. The summed E-state index contributed by atoms with van der Waals surface area (Å²) in [4.78, 5) is 10.2. The lowest BCUT2D eigenvalue weighted by Crippen LogP contribution is -2.26. The Bertz CT molecular complexity index is 413. The average Bonchev–Trinajstić information content (AvgIpc) is 2.18. The van der Waals surface area contributed by atoms with Crippen molar-refractivity contribution in [2.24, 2.45) is 5.41 Å². The topological polar surface area (TPSA) is 55.2 Å². The fourth-order valence-electron chi connectivity index (χ4n) is 1.37.